The third-order valence-electron chi connectivity index (χ3n) is 4.68. The van der Waals surface area contributed by atoms with Gasteiger partial charge in [0.05, 0.1) is 24.1 Å². The van der Waals surface area contributed by atoms with Crippen LogP contribution in [0.15, 0.2) is 24.7 Å². The van der Waals surface area contributed by atoms with Gasteiger partial charge in [0.1, 0.15) is 5.69 Å². The number of likely N-dealkylation sites (tertiary alicyclic amines) is 1. The first-order valence-corrected chi connectivity index (χ1v) is 8.89. The third-order valence-corrected chi connectivity index (χ3v) is 4.68. The summed E-state index contributed by atoms with van der Waals surface area (Å²) in [6.07, 6.45) is 6.71. The SMILES string of the molecule is CN(C)c1ncc(NC(=O)[C@H]2CCCN2Cc2nccc3c2OCO3)cn1. The predicted octanol–water partition coefficient (Wildman–Crippen LogP) is 1.27. The Kier molecular flexibility index (Phi) is 4.76. The van der Waals surface area contributed by atoms with Crippen molar-refractivity contribution in [3.63, 3.8) is 0 Å². The molecule has 2 aliphatic heterocycles. The lowest BCUT2D eigenvalue weighted by Gasteiger charge is -2.23. The van der Waals surface area contributed by atoms with Gasteiger partial charge in [-0.05, 0) is 19.4 Å². The Labute approximate surface area is 157 Å². The number of ether oxygens (including phenoxy) is 2. The Morgan fingerprint density at radius 2 is 2.11 bits per heavy atom. The Bertz CT molecular complexity index is 826. The first-order valence-electron chi connectivity index (χ1n) is 8.89. The van der Waals surface area contributed by atoms with E-state index in [1.165, 1.54) is 0 Å². The molecule has 2 aromatic heterocycles. The largest absolute Gasteiger partial charge is 0.453 e. The highest BCUT2D eigenvalue weighted by molar-refractivity contribution is 5.94. The first kappa shape index (κ1) is 17.5. The summed E-state index contributed by atoms with van der Waals surface area (Å²) in [6.45, 7) is 1.59. The Hall–Kier alpha value is -2.94. The van der Waals surface area contributed by atoms with Crippen molar-refractivity contribution in [3.05, 3.63) is 30.4 Å². The molecule has 4 heterocycles. The third kappa shape index (κ3) is 3.63. The standard InChI is InChI=1S/C18H22N6O3/c1-23(2)18-20-8-12(9-21-18)22-17(25)14-4-3-7-24(14)10-13-16-15(5-6-19-13)26-11-27-16/h5-6,8-9,14H,3-4,7,10-11H2,1-2H3,(H,22,25)/t14-/m1/s1. The van der Waals surface area contributed by atoms with Crippen molar-refractivity contribution in [2.75, 3.05) is 37.6 Å². The van der Waals surface area contributed by atoms with Crippen LogP contribution >= 0.6 is 0 Å². The molecule has 4 rings (SSSR count). The summed E-state index contributed by atoms with van der Waals surface area (Å²) >= 11 is 0. The molecule has 0 spiro atoms. The van der Waals surface area contributed by atoms with Crippen LogP contribution in [0, 0.1) is 0 Å². The number of pyridine rings is 1. The summed E-state index contributed by atoms with van der Waals surface area (Å²) in [5.41, 5.74) is 1.39. The van der Waals surface area contributed by atoms with Crippen molar-refractivity contribution in [3.8, 4) is 11.5 Å². The fourth-order valence-corrected chi connectivity index (χ4v) is 3.35. The van der Waals surface area contributed by atoms with E-state index in [-0.39, 0.29) is 18.7 Å². The van der Waals surface area contributed by atoms with Crippen molar-refractivity contribution in [1.82, 2.24) is 19.9 Å². The first-order chi connectivity index (χ1) is 13.1. The highest BCUT2D eigenvalue weighted by atomic mass is 16.7. The van der Waals surface area contributed by atoms with Gasteiger partial charge in [0.25, 0.3) is 0 Å². The number of rotatable bonds is 5. The Balaban J connectivity index is 1.43. The molecule has 2 aliphatic rings. The van der Waals surface area contributed by atoms with Gasteiger partial charge in [-0.2, -0.15) is 0 Å². The Morgan fingerprint density at radius 3 is 2.89 bits per heavy atom. The second kappa shape index (κ2) is 7.36. The fraction of sp³-hybridized carbons (Fsp3) is 0.444. The van der Waals surface area contributed by atoms with Crippen LogP contribution in [0.3, 0.4) is 0 Å². The molecule has 1 fully saturated rings. The molecular formula is C18H22N6O3. The number of hydrogen-bond acceptors (Lipinski definition) is 8. The highest BCUT2D eigenvalue weighted by Gasteiger charge is 2.32. The number of fused-ring (bicyclic) bond motifs is 1. The number of aromatic nitrogens is 3. The minimum atomic E-state index is -0.224. The van der Waals surface area contributed by atoms with Gasteiger partial charge in [0.2, 0.25) is 18.6 Å². The molecule has 1 saturated heterocycles. The summed E-state index contributed by atoms with van der Waals surface area (Å²) in [4.78, 5) is 29.6. The lowest BCUT2D eigenvalue weighted by atomic mass is 10.2. The minimum absolute atomic E-state index is 0.0570. The van der Waals surface area contributed by atoms with Gasteiger partial charge in [-0.15, -0.1) is 0 Å². The van der Waals surface area contributed by atoms with Crippen LogP contribution in [-0.4, -0.2) is 59.2 Å². The minimum Gasteiger partial charge on any atom is -0.453 e. The second-order valence-electron chi connectivity index (χ2n) is 6.78. The monoisotopic (exact) mass is 370 g/mol. The number of nitrogens with zero attached hydrogens (tertiary/aromatic N) is 5. The highest BCUT2D eigenvalue weighted by Crippen LogP contribution is 2.35. The van der Waals surface area contributed by atoms with E-state index < -0.39 is 0 Å². The van der Waals surface area contributed by atoms with Crippen molar-refractivity contribution in [2.45, 2.75) is 25.4 Å². The average molecular weight is 370 g/mol. The summed E-state index contributed by atoms with van der Waals surface area (Å²) in [7, 11) is 3.74. The molecule has 2 aromatic rings. The van der Waals surface area contributed by atoms with E-state index in [1.54, 1.807) is 29.6 Å². The molecule has 0 radical (unpaired) electrons. The number of nitrogens with one attached hydrogen (secondary N) is 1. The van der Waals surface area contributed by atoms with Gasteiger partial charge in [0.15, 0.2) is 11.5 Å². The van der Waals surface area contributed by atoms with Crippen LogP contribution in [-0.2, 0) is 11.3 Å². The van der Waals surface area contributed by atoms with Crippen molar-refractivity contribution >= 4 is 17.5 Å². The van der Waals surface area contributed by atoms with E-state index in [0.29, 0.717) is 29.7 Å². The molecule has 0 aliphatic carbocycles. The van der Waals surface area contributed by atoms with Gasteiger partial charge in [-0.1, -0.05) is 0 Å². The number of carbonyl (C=O) groups excluding carboxylic acids is 1. The summed E-state index contributed by atoms with van der Waals surface area (Å²) in [5.74, 6) is 1.93. The molecule has 0 unspecified atom stereocenters. The molecule has 9 heteroatoms. The fourth-order valence-electron chi connectivity index (χ4n) is 3.35. The molecule has 142 valence electrons. The lowest BCUT2D eigenvalue weighted by molar-refractivity contribution is -0.120. The van der Waals surface area contributed by atoms with Crippen LogP contribution in [0.2, 0.25) is 0 Å². The molecule has 1 atom stereocenters. The van der Waals surface area contributed by atoms with Crippen LogP contribution in [0.5, 0.6) is 11.5 Å². The Morgan fingerprint density at radius 1 is 1.30 bits per heavy atom. The normalized spacial score (nSPS) is 18.5. The lowest BCUT2D eigenvalue weighted by Crippen LogP contribution is -2.39. The molecule has 0 bridgehead atoms. The van der Waals surface area contributed by atoms with Crippen LogP contribution in [0.1, 0.15) is 18.5 Å². The van der Waals surface area contributed by atoms with Gasteiger partial charge >= 0.3 is 0 Å². The van der Waals surface area contributed by atoms with E-state index in [2.05, 4.69) is 25.2 Å². The van der Waals surface area contributed by atoms with Crippen LogP contribution in [0.25, 0.3) is 0 Å². The van der Waals surface area contributed by atoms with Crippen LogP contribution in [0.4, 0.5) is 11.6 Å². The van der Waals surface area contributed by atoms with E-state index in [4.69, 9.17) is 9.47 Å². The van der Waals surface area contributed by atoms with Gasteiger partial charge < -0.3 is 19.7 Å². The van der Waals surface area contributed by atoms with Crippen LogP contribution < -0.4 is 19.7 Å². The van der Waals surface area contributed by atoms with E-state index >= 15 is 0 Å². The van der Waals surface area contributed by atoms with Gasteiger partial charge in [-0.25, -0.2) is 9.97 Å². The maximum atomic E-state index is 12.8. The summed E-state index contributed by atoms with van der Waals surface area (Å²) in [5, 5.41) is 2.92. The van der Waals surface area contributed by atoms with Gasteiger partial charge in [0, 0.05) is 32.9 Å². The van der Waals surface area contributed by atoms with Crippen molar-refractivity contribution in [1.29, 1.82) is 0 Å². The van der Waals surface area contributed by atoms with Crippen molar-refractivity contribution < 1.29 is 14.3 Å². The molecule has 0 saturated carbocycles. The summed E-state index contributed by atoms with van der Waals surface area (Å²) in [6, 6.07) is 1.57. The molecule has 1 amide bonds. The second-order valence-corrected chi connectivity index (χ2v) is 6.78. The zero-order valence-corrected chi connectivity index (χ0v) is 15.4. The number of hydrogen-bond donors (Lipinski definition) is 1. The topological polar surface area (TPSA) is 92.7 Å². The van der Waals surface area contributed by atoms with E-state index in [1.807, 2.05) is 14.1 Å². The molecule has 27 heavy (non-hydrogen) atoms. The van der Waals surface area contributed by atoms with E-state index in [0.717, 1.165) is 25.1 Å². The quantitative estimate of drug-likeness (QED) is 0.841. The summed E-state index contributed by atoms with van der Waals surface area (Å²) < 4.78 is 10.9. The maximum Gasteiger partial charge on any atom is 0.241 e. The zero-order chi connectivity index (χ0) is 18.8. The molecule has 9 nitrogen and oxygen atoms in total. The number of amides is 1. The predicted molar refractivity (Wildman–Crippen MR) is 98.8 cm³/mol. The maximum absolute atomic E-state index is 12.8. The van der Waals surface area contributed by atoms with E-state index in [9.17, 15) is 4.79 Å². The van der Waals surface area contributed by atoms with Gasteiger partial charge in [-0.3, -0.25) is 14.7 Å². The smallest absolute Gasteiger partial charge is 0.241 e. The zero-order valence-electron chi connectivity index (χ0n) is 15.4. The van der Waals surface area contributed by atoms with Crippen molar-refractivity contribution in [2.24, 2.45) is 0 Å². The number of anilines is 2. The molecule has 1 N–H and O–H groups in total. The average Bonchev–Trinajstić information content (AvgIpc) is 3.32. The molecule has 0 aromatic carbocycles. The number of carbonyl (C=O) groups is 1. The molecular weight excluding hydrogens is 348 g/mol.